The fourth-order valence-corrected chi connectivity index (χ4v) is 2.69. The number of halogens is 1. The zero-order valence-electron chi connectivity index (χ0n) is 13.8. The Labute approximate surface area is 146 Å². The summed E-state index contributed by atoms with van der Waals surface area (Å²) in [6, 6.07) is 11.4. The largest absolute Gasteiger partial charge is 0.493 e. The lowest BCUT2D eigenvalue weighted by molar-refractivity contribution is 0.208. The van der Waals surface area contributed by atoms with E-state index in [0.29, 0.717) is 16.5 Å². The highest BCUT2D eigenvalue weighted by Gasteiger charge is 2.15. The Kier molecular flexibility index (Phi) is 4.76. The second kappa shape index (κ2) is 6.97. The van der Waals surface area contributed by atoms with Crippen molar-refractivity contribution in [1.82, 2.24) is 9.97 Å². The summed E-state index contributed by atoms with van der Waals surface area (Å²) in [4.78, 5) is 7.81. The Bertz CT molecular complexity index is 886. The number of nitrogens with zero attached hydrogens (tertiary/aromatic N) is 1. The van der Waals surface area contributed by atoms with Crippen LogP contribution in [0.3, 0.4) is 0 Å². The molecule has 0 aliphatic heterocycles. The molecule has 1 atom stereocenters. The van der Waals surface area contributed by atoms with Crippen LogP contribution in [0.25, 0.3) is 17.1 Å². The first-order valence-corrected chi connectivity index (χ1v) is 8.11. The van der Waals surface area contributed by atoms with Crippen LogP contribution in [-0.2, 0) is 0 Å². The molecular formula is C19H19ClN2O2. The lowest BCUT2D eigenvalue weighted by atomic mass is 10.2. The minimum Gasteiger partial charge on any atom is -0.493 e. The van der Waals surface area contributed by atoms with E-state index in [2.05, 4.69) is 9.97 Å². The molecule has 0 saturated heterocycles. The number of methoxy groups -OCH3 is 1. The third kappa shape index (κ3) is 3.39. The molecule has 2 aromatic carbocycles. The van der Waals surface area contributed by atoms with E-state index in [1.807, 2.05) is 62.4 Å². The Hall–Kier alpha value is -2.46. The van der Waals surface area contributed by atoms with E-state index in [-0.39, 0.29) is 6.10 Å². The summed E-state index contributed by atoms with van der Waals surface area (Å²) in [5.41, 5.74) is 2.82. The Balaban J connectivity index is 1.86. The molecule has 3 aromatic rings. The number of rotatable bonds is 5. The number of ether oxygens (including phenoxy) is 2. The van der Waals surface area contributed by atoms with Gasteiger partial charge in [0.05, 0.1) is 18.1 Å². The molecule has 4 nitrogen and oxygen atoms in total. The van der Waals surface area contributed by atoms with Crippen molar-refractivity contribution in [2.75, 3.05) is 7.11 Å². The van der Waals surface area contributed by atoms with Gasteiger partial charge in [0, 0.05) is 5.02 Å². The highest BCUT2D eigenvalue weighted by Crippen LogP contribution is 2.32. The van der Waals surface area contributed by atoms with Crippen molar-refractivity contribution in [3.63, 3.8) is 0 Å². The number of H-pyrrole nitrogens is 1. The molecule has 0 aliphatic rings. The van der Waals surface area contributed by atoms with Gasteiger partial charge >= 0.3 is 0 Å². The van der Waals surface area contributed by atoms with Gasteiger partial charge in [0.2, 0.25) is 0 Å². The van der Waals surface area contributed by atoms with Gasteiger partial charge in [0.25, 0.3) is 0 Å². The van der Waals surface area contributed by atoms with Gasteiger partial charge in [-0.05, 0) is 49.7 Å². The number of benzene rings is 2. The maximum atomic E-state index is 6.04. The number of nitrogens with one attached hydrogen (secondary N) is 1. The van der Waals surface area contributed by atoms with E-state index in [0.717, 1.165) is 22.4 Å². The molecule has 124 valence electrons. The fraction of sp³-hybridized carbons (Fsp3) is 0.211. The summed E-state index contributed by atoms with van der Waals surface area (Å²) in [6.45, 7) is 3.92. The average molecular weight is 343 g/mol. The molecule has 5 heteroatoms. The van der Waals surface area contributed by atoms with Crippen LogP contribution in [0.1, 0.15) is 31.3 Å². The summed E-state index contributed by atoms with van der Waals surface area (Å²) in [6.07, 6.45) is 3.74. The molecule has 0 radical (unpaired) electrons. The van der Waals surface area contributed by atoms with Crippen LogP contribution >= 0.6 is 11.6 Å². The molecule has 0 aliphatic carbocycles. The van der Waals surface area contributed by atoms with Crippen LogP contribution in [0.5, 0.6) is 11.5 Å². The molecule has 3 rings (SSSR count). The molecule has 24 heavy (non-hydrogen) atoms. The van der Waals surface area contributed by atoms with Gasteiger partial charge in [-0.1, -0.05) is 29.8 Å². The molecule has 1 aromatic heterocycles. The molecule has 0 amide bonds. The van der Waals surface area contributed by atoms with Crippen LogP contribution in [-0.4, -0.2) is 17.1 Å². The van der Waals surface area contributed by atoms with Crippen molar-refractivity contribution in [3.05, 3.63) is 58.9 Å². The van der Waals surface area contributed by atoms with Gasteiger partial charge in [0.15, 0.2) is 17.6 Å². The zero-order valence-corrected chi connectivity index (χ0v) is 14.6. The van der Waals surface area contributed by atoms with E-state index in [9.17, 15) is 0 Å². The normalized spacial score (nSPS) is 12.7. The number of fused-ring (bicyclic) bond motifs is 1. The first kappa shape index (κ1) is 16.4. The highest BCUT2D eigenvalue weighted by molar-refractivity contribution is 6.31. The van der Waals surface area contributed by atoms with Crippen LogP contribution < -0.4 is 9.47 Å². The smallest absolute Gasteiger partial charge is 0.162 e. The number of aromatic amines is 1. The van der Waals surface area contributed by atoms with Crippen molar-refractivity contribution < 1.29 is 9.47 Å². The molecular weight excluding hydrogens is 324 g/mol. The maximum absolute atomic E-state index is 6.04. The average Bonchev–Trinajstić information content (AvgIpc) is 2.99. The van der Waals surface area contributed by atoms with E-state index in [4.69, 9.17) is 21.1 Å². The van der Waals surface area contributed by atoms with E-state index in [1.54, 1.807) is 7.11 Å². The van der Waals surface area contributed by atoms with Gasteiger partial charge in [-0.25, -0.2) is 4.98 Å². The summed E-state index contributed by atoms with van der Waals surface area (Å²) in [5.74, 6) is 2.11. The molecule has 0 unspecified atom stereocenters. The number of allylic oxidation sites excluding steroid dienone is 1. The van der Waals surface area contributed by atoms with Crippen molar-refractivity contribution in [2.45, 2.75) is 20.0 Å². The number of hydrogen-bond donors (Lipinski definition) is 1. The fourth-order valence-electron chi connectivity index (χ4n) is 2.52. The Morgan fingerprint density at radius 1 is 1.17 bits per heavy atom. The maximum Gasteiger partial charge on any atom is 0.162 e. The predicted molar refractivity (Wildman–Crippen MR) is 97.8 cm³/mol. The Morgan fingerprint density at radius 3 is 2.75 bits per heavy atom. The molecule has 1 N–H and O–H groups in total. The molecule has 0 bridgehead atoms. The Morgan fingerprint density at radius 2 is 2.00 bits per heavy atom. The SMILES string of the molecule is C/C=C/c1ccc(O[C@@H](C)c2nc3ccc(Cl)cc3[nH]2)c(OC)c1. The molecule has 0 fully saturated rings. The highest BCUT2D eigenvalue weighted by atomic mass is 35.5. The summed E-state index contributed by atoms with van der Waals surface area (Å²) < 4.78 is 11.5. The number of aromatic nitrogens is 2. The monoisotopic (exact) mass is 342 g/mol. The van der Waals surface area contributed by atoms with Gasteiger partial charge in [-0.2, -0.15) is 0 Å². The van der Waals surface area contributed by atoms with Gasteiger partial charge in [0.1, 0.15) is 5.82 Å². The summed E-state index contributed by atoms with van der Waals surface area (Å²) in [5, 5.41) is 0.674. The topological polar surface area (TPSA) is 47.1 Å². The van der Waals surface area contributed by atoms with Gasteiger partial charge in [-0.15, -0.1) is 0 Å². The van der Waals surface area contributed by atoms with Gasteiger partial charge < -0.3 is 14.5 Å². The van der Waals surface area contributed by atoms with Crippen LogP contribution in [0.4, 0.5) is 0 Å². The molecule has 0 saturated carbocycles. The summed E-state index contributed by atoms with van der Waals surface area (Å²) in [7, 11) is 1.63. The zero-order chi connectivity index (χ0) is 17.1. The number of hydrogen-bond acceptors (Lipinski definition) is 3. The minimum absolute atomic E-state index is 0.252. The second-order valence-corrected chi connectivity index (χ2v) is 5.89. The first-order valence-electron chi connectivity index (χ1n) is 7.73. The van der Waals surface area contributed by atoms with Crippen LogP contribution in [0.2, 0.25) is 5.02 Å². The number of imidazole rings is 1. The van der Waals surface area contributed by atoms with Crippen molar-refractivity contribution in [2.24, 2.45) is 0 Å². The van der Waals surface area contributed by atoms with Crippen molar-refractivity contribution >= 4 is 28.7 Å². The first-order chi connectivity index (χ1) is 11.6. The summed E-state index contributed by atoms with van der Waals surface area (Å²) >= 11 is 6.02. The van der Waals surface area contributed by atoms with Crippen molar-refractivity contribution in [1.29, 1.82) is 0 Å². The van der Waals surface area contributed by atoms with E-state index in [1.165, 1.54) is 0 Å². The quantitative estimate of drug-likeness (QED) is 0.675. The lowest BCUT2D eigenvalue weighted by Gasteiger charge is -2.15. The van der Waals surface area contributed by atoms with Crippen molar-refractivity contribution in [3.8, 4) is 11.5 Å². The molecule has 0 spiro atoms. The van der Waals surface area contributed by atoms with Crippen LogP contribution in [0.15, 0.2) is 42.5 Å². The standard InChI is InChI=1S/C19H19ClN2O2/c1-4-5-13-6-9-17(18(10-13)23-3)24-12(2)19-21-15-8-7-14(20)11-16(15)22-19/h4-12H,1-3H3,(H,21,22)/b5-4+/t12-/m0/s1. The lowest BCUT2D eigenvalue weighted by Crippen LogP contribution is -2.06. The third-order valence-corrected chi connectivity index (χ3v) is 3.93. The van der Waals surface area contributed by atoms with Gasteiger partial charge in [-0.3, -0.25) is 0 Å². The second-order valence-electron chi connectivity index (χ2n) is 5.45. The van der Waals surface area contributed by atoms with E-state index < -0.39 is 0 Å². The van der Waals surface area contributed by atoms with E-state index >= 15 is 0 Å². The third-order valence-electron chi connectivity index (χ3n) is 3.70. The minimum atomic E-state index is -0.252. The van der Waals surface area contributed by atoms with Crippen LogP contribution in [0, 0.1) is 0 Å². The predicted octanol–water partition coefficient (Wildman–Crippen LogP) is 5.40. The molecule has 1 heterocycles.